The summed E-state index contributed by atoms with van der Waals surface area (Å²) in [6.45, 7) is 0. The molecule has 0 fully saturated rings. The van der Waals surface area contributed by atoms with Crippen LogP contribution in [-0.2, 0) is 0 Å². The Morgan fingerprint density at radius 3 is 1.52 bits per heavy atom. The van der Waals surface area contributed by atoms with Crippen molar-refractivity contribution in [2.45, 2.75) is 12.3 Å². The molecule has 0 aliphatic heterocycles. The second kappa shape index (κ2) is 15.9. The van der Waals surface area contributed by atoms with E-state index >= 15 is 0 Å². The van der Waals surface area contributed by atoms with Crippen LogP contribution in [0, 0.1) is 0 Å². The van der Waals surface area contributed by atoms with E-state index in [0.29, 0.717) is 0 Å². The third-order valence-electron chi connectivity index (χ3n) is 12.9. The van der Waals surface area contributed by atoms with Crippen molar-refractivity contribution in [2.24, 2.45) is 0 Å². The smallest absolute Gasteiger partial charge is 0.0722 e. The third-order valence-corrected chi connectivity index (χ3v) is 12.9. The molecule has 0 bridgehead atoms. The van der Waals surface area contributed by atoms with Crippen LogP contribution in [0.25, 0.3) is 100.0 Å². The van der Waals surface area contributed by atoms with E-state index in [-0.39, 0.29) is 5.92 Å². The molecule has 0 amide bonds. The summed E-state index contributed by atoms with van der Waals surface area (Å²) in [7, 11) is 0. The van der Waals surface area contributed by atoms with Gasteiger partial charge < -0.3 is 9.13 Å². The molecule has 64 heavy (non-hydrogen) atoms. The van der Waals surface area contributed by atoms with Crippen molar-refractivity contribution in [1.29, 1.82) is 0 Å². The summed E-state index contributed by atoms with van der Waals surface area (Å²) < 4.78 is 4.91. The minimum absolute atomic E-state index is 0.255. The Bertz CT molecular complexity index is 3500. The number of fused-ring (bicyclic) bond motifs is 3. The maximum atomic E-state index is 5.45. The van der Waals surface area contributed by atoms with Crippen molar-refractivity contribution in [3.05, 3.63) is 248 Å². The van der Waals surface area contributed by atoms with Crippen molar-refractivity contribution in [3.8, 4) is 67.5 Å². The van der Waals surface area contributed by atoms with Crippen LogP contribution in [0.2, 0.25) is 0 Å². The number of benzene rings is 8. The van der Waals surface area contributed by atoms with Crippen LogP contribution in [0.1, 0.15) is 18.0 Å². The number of aromatic nitrogens is 3. The molecule has 0 saturated heterocycles. The highest BCUT2D eigenvalue weighted by molar-refractivity contribution is 6.22. The normalized spacial score (nSPS) is 13.6. The first-order valence-corrected chi connectivity index (χ1v) is 22.2. The third kappa shape index (κ3) is 6.49. The number of nitrogens with zero attached hydrogens (tertiary/aromatic N) is 3. The molecule has 11 aromatic rings. The molecule has 0 N–H and O–H groups in total. The van der Waals surface area contributed by atoms with E-state index in [0.717, 1.165) is 62.1 Å². The van der Waals surface area contributed by atoms with Gasteiger partial charge in [0.2, 0.25) is 0 Å². The number of pyridine rings is 1. The fraction of sp³-hybridized carbons (Fsp3) is 0.0328. The number of hydrogen-bond donors (Lipinski definition) is 0. The molecule has 1 unspecified atom stereocenters. The zero-order valence-electron chi connectivity index (χ0n) is 35.2. The molecule has 0 saturated carbocycles. The Morgan fingerprint density at radius 1 is 0.391 bits per heavy atom. The fourth-order valence-electron chi connectivity index (χ4n) is 9.93. The maximum Gasteiger partial charge on any atom is 0.0722 e. The lowest BCUT2D eigenvalue weighted by Crippen LogP contribution is -2.07. The summed E-state index contributed by atoms with van der Waals surface area (Å²) in [5.74, 6) is 0.255. The first kappa shape index (κ1) is 37.5. The summed E-state index contributed by atoms with van der Waals surface area (Å²) in [6.07, 6.45) is 9.91. The molecule has 0 radical (unpaired) electrons. The summed E-state index contributed by atoms with van der Waals surface area (Å²) >= 11 is 0. The lowest BCUT2D eigenvalue weighted by Gasteiger charge is -2.23. The van der Waals surface area contributed by atoms with Crippen molar-refractivity contribution >= 4 is 32.4 Å². The van der Waals surface area contributed by atoms with E-state index in [2.05, 4.69) is 252 Å². The van der Waals surface area contributed by atoms with Gasteiger partial charge in [-0.25, -0.2) is 4.98 Å². The summed E-state index contributed by atoms with van der Waals surface area (Å²) in [6, 6.07) is 79.3. The minimum Gasteiger partial charge on any atom is -0.313 e. The average Bonchev–Trinajstić information content (AvgIpc) is 4.03. The maximum absolute atomic E-state index is 5.45. The van der Waals surface area contributed by atoms with E-state index in [9.17, 15) is 0 Å². The predicted molar refractivity (Wildman–Crippen MR) is 268 cm³/mol. The molecule has 3 heteroatoms. The molecular weight excluding hydrogens is 775 g/mol. The quantitative estimate of drug-likeness (QED) is 0.140. The highest BCUT2D eigenvalue weighted by Gasteiger charge is 2.24. The molecule has 3 aromatic heterocycles. The molecule has 1 atom stereocenters. The molecule has 8 aromatic carbocycles. The van der Waals surface area contributed by atoms with Crippen LogP contribution < -0.4 is 0 Å². The first-order chi connectivity index (χ1) is 31.8. The van der Waals surface area contributed by atoms with Gasteiger partial charge in [-0.05, 0) is 116 Å². The molecule has 1 aliphatic carbocycles. The lowest BCUT2D eigenvalue weighted by molar-refractivity contribution is 0.786. The average molecular weight is 818 g/mol. The van der Waals surface area contributed by atoms with Gasteiger partial charge in [0.25, 0.3) is 0 Å². The van der Waals surface area contributed by atoms with E-state index in [1.54, 1.807) is 0 Å². The monoisotopic (exact) mass is 817 g/mol. The van der Waals surface area contributed by atoms with Gasteiger partial charge in [0.05, 0.1) is 28.3 Å². The predicted octanol–water partition coefficient (Wildman–Crippen LogP) is 16.1. The number of allylic oxidation sites excluding steroid dienone is 4. The van der Waals surface area contributed by atoms with Crippen LogP contribution in [0.5, 0.6) is 0 Å². The van der Waals surface area contributed by atoms with Gasteiger partial charge in [-0.2, -0.15) is 0 Å². The van der Waals surface area contributed by atoms with Gasteiger partial charge in [0, 0.05) is 33.9 Å². The zero-order valence-corrected chi connectivity index (χ0v) is 35.2. The Hall–Kier alpha value is -8.27. The van der Waals surface area contributed by atoms with Gasteiger partial charge in [-0.1, -0.05) is 182 Å². The molecular formula is C61H43N3. The van der Waals surface area contributed by atoms with E-state index < -0.39 is 0 Å². The first-order valence-electron chi connectivity index (χ1n) is 22.2. The van der Waals surface area contributed by atoms with Crippen LogP contribution in [0.15, 0.2) is 243 Å². The van der Waals surface area contributed by atoms with Gasteiger partial charge in [0.1, 0.15) is 0 Å². The number of para-hydroxylation sites is 1. The van der Waals surface area contributed by atoms with Crippen LogP contribution >= 0.6 is 0 Å². The van der Waals surface area contributed by atoms with Gasteiger partial charge in [0.15, 0.2) is 0 Å². The SMILES string of the molecule is C1=CCC(c2ccc(-c3ccccc3)n2-c2ccc3c(-c4ccccc4)c4cc(-n5c(-c6ccccc6)ccc5-c5ccccc5)ccc4c(-c4ccc5ccccc5n4)c3c2)C=C1. The van der Waals surface area contributed by atoms with E-state index in [1.807, 2.05) is 0 Å². The van der Waals surface area contributed by atoms with Crippen LogP contribution in [-0.4, -0.2) is 14.1 Å². The van der Waals surface area contributed by atoms with Crippen LogP contribution in [0.3, 0.4) is 0 Å². The van der Waals surface area contributed by atoms with Crippen molar-refractivity contribution in [2.75, 3.05) is 0 Å². The number of rotatable bonds is 8. The van der Waals surface area contributed by atoms with E-state index in [1.165, 1.54) is 50.0 Å². The van der Waals surface area contributed by atoms with E-state index in [4.69, 9.17) is 4.98 Å². The summed E-state index contributed by atoms with van der Waals surface area (Å²) in [4.78, 5) is 5.45. The summed E-state index contributed by atoms with van der Waals surface area (Å²) in [5, 5.41) is 5.79. The van der Waals surface area contributed by atoms with Crippen molar-refractivity contribution in [1.82, 2.24) is 14.1 Å². The van der Waals surface area contributed by atoms with Crippen LogP contribution in [0.4, 0.5) is 0 Å². The highest BCUT2D eigenvalue weighted by atomic mass is 15.0. The van der Waals surface area contributed by atoms with Crippen molar-refractivity contribution < 1.29 is 0 Å². The Morgan fingerprint density at radius 2 is 0.906 bits per heavy atom. The second-order valence-electron chi connectivity index (χ2n) is 16.6. The zero-order chi connectivity index (χ0) is 42.4. The van der Waals surface area contributed by atoms with Gasteiger partial charge in [-0.3, -0.25) is 0 Å². The Balaban J connectivity index is 1.18. The standard InChI is InChI=1S/C61H43N3/c1-6-19-43(20-7-1)56-36-37-57(44-21-8-2-9-22-44)63(56)48-32-34-51-52(40-48)60(47-27-14-5-15-28-47)50-33-31-49(41-53(50)61(51)55-35-30-42-18-16-17-29-54(42)62-55)64-58(45-23-10-3-11-24-45)38-39-59(64)46-25-12-4-13-26-46/h1-25,27-41,46H,26H2. The Labute approximate surface area is 373 Å². The molecule has 3 nitrogen and oxygen atoms in total. The lowest BCUT2D eigenvalue weighted by atomic mass is 9.86. The minimum atomic E-state index is 0.255. The largest absolute Gasteiger partial charge is 0.313 e. The van der Waals surface area contributed by atoms with Gasteiger partial charge in [-0.15, -0.1) is 0 Å². The van der Waals surface area contributed by atoms with Crippen molar-refractivity contribution in [3.63, 3.8) is 0 Å². The molecule has 12 rings (SSSR count). The highest BCUT2D eigenvalue weighted by Crippen LogP contribution is 2.46. The number of hydrogen-bond acceptors (Lipinski definition) is 1. The topological polar surface area (TPSA) is 22.8 Å². The molecule has 1 aliphatic rings. The van der Waals surface area contributed by atoms with Gasteiger partial charge >= 0.3 is 0 Å². The molecule has 3 heterocycles. The Kier molecular flexibility index (Phi) is 9.31. The fourth-order valence-corrected chi connectivity index (χ4v) is 9.93. The molecule has 302 valence electrons. The summed E-state index contributed by atoms with van der Waals surface area (Å²) in [5.41, 5.74) is 15.9. The molecule has 0 spiro atoms. The second-order valence-corrected chi connectivity index (χ2v) is 16.6.